The molecule has 0 aromatic heterocycles. The second kappa shape index (κ2) is 11.0. The van der Waals surface area contributed by atoms with Crippen LogP contribution in [0.25, 0.3) is 0 Å². The van der Waals surface area contributed by atoms with Gasteiger partial charge in [-0.15, -0.1) is 0 Å². The van der Waals surface area contributed by atoms with Crippen LogP contribution in [-0.2, 0) is 14.3 Å². The maximum atomic E-state index is 12.4. The monoisotopic (exact) mass is 397 g/mol. The lowest BCUT2D eigenvalue weighted by Crippen LogP contribution is -2.24. The van der Waals surface area contributed by atoms with Crippen molar-refractivity contribution >= 4 is 23.3 Å². The summed E-state index contributed by atoms with van der Waals surface area (Å²) in [6, 6.07) is 15.9. The standard InChI is InChI=1S/C23H27NO5/c1-16(2)23(27)24-19-13-11-18(12-14-19)22(26)17(3)29-21(25)10-7-15-28-20-8-5-4-6-9-20/h4-6,8-9,11-14,16-17H,7,10,15H2,1-3H3,(H,24,27). The van der Waals surface area contributed by atoms with Crippen molar-refractivity contribution in [2.45, 2.75) is 39.7 Å². The van der Waals surface area contributed by atoms with Gasteiger partial charge in [0, 0.05) is 23.6 Å². The minimum Gasteiger partial charge on any atom is -0.494 e. The summed E-state index contributed by atoms with van der Waals surface area (Å²) in [7, 11) is 0. The molecule has 1 atom stereocenters. The Morgan fingerprint density at radius 1 is 0.931 bits per heavy atom. The number of hydrogen-bond acceptors (Lipinski definition) is 5. The Hall–Kier alpha value is -3.15. The van der Waals surface area contributed by atoms with Gasteiger partial charge in [0.25, 0.3) is 0 Å². The number of rotatable bonds is 10. The zero-order valence-corrected chi connectivity index (χ0v) is 17.0. The Bertz CT molecular complexity index is 815. The van der Waals surface area contributed by atoms with E-state index in [1.807, 2.05) is 30.3 Å². The SMILES string of the molecule is CC(C)C(=O)Nc1ccc(C(=O)C(C)OC(=O)CCCOc2ccccc2)cc1. The molecule has 0 saturated heterocycles. The molecule has 154 valence electrons. The lowest BCUT2D eigenvalue weighted by molar-refractivity contribution is -0.146. The van der Waals surface area contributed by atoms with Gasteiger partial charge in [-0.3, -0.25) is 14.4 Å². The van der Waals surface area contributed by atoms with Gasteiger partial charge in [-0.2, -0.15) is 0 Å². The van der Waals surface area contributed by atoms with Crippen LogP contribution < -0.4 is 10.1 Å². The number of carbonyl (C=O) groups is 3. The predicted molar refractivity (Wildman–Crippen MR) is 111 cm³/mol. The average Bonchev–Trinajstić information content (AvgIpc) is 2.72. The maximum Gasteiger partial charge on any atom is 0.306 e. The molecule has 0 aliphatic rings. The van der Waals surface area contributed by atoms with Gasteiger partial charge < -0.3 is 14.8 Å². The molecule has 1 N–H and O–H groups in total. The molecule has 0 aliphatic heterocycles. The van der Waals surface area contributed by atoms with Crippen LogP contribution in [0.5, 0.6) is 5.75 Å². The minimum atomic E-state index is -0.881. The molecule has 0 bridgehead atoms. The zero-order valence-electron chi connectivity index (χ0n) is 17.0. The molecule has 0 aliphatic carbocycles. The van der Waals surface area contributed by atoms with Crippen molar-refractivity contribution in [3.8, 4) is 5.75 Å². The Labute approximate surface area is 171 Å². The lowest BCUT2D eigenvalue weighted by atomic mass is 10.1. The van der Waals surface area contributed by atoms with Crippen LogP contribution in [0.1, 0.15) is 44.0 Å². The molecule has 2 aromatic carbocycles. The molecule has 0 saturated carbocycles. The van der Waals surface area contributed by atoms with Gasteiger partial charge >= 0.3 is 5.97 Å². The molecule has 0 radical (unpaired) electrons. The van der Waals surface area contributed by atoms with Crippen LogP contribution in [0, 0.1) is 5.92 Å². The Balaban J connectivity index is 1.75. The Morgan fingerprint density at radius 3 is 2.21 bits per heavy atom. The highest BCUT2D eigenvalue weighted by Gasteiger charge is 2.19. The zero-order chi connectivity index (χ0) is 21.2. The van der Waals surface area contributed by atoms with Crippen LogP contribution in [0.4, 0.5) is 5.69 Å². The van der Waals surface area contributed by atoms with E-state index in [2.05, 4.69) is 5.32 Å². The number of nitrogens with one attached hydrogen (secondary N) is 1. The third kappa shape index (κ3) is 7.41. The number of para-hydroxylation sites is 1. The van der Waals surface area contributed by atoms with Crippen molar-refractivity contribution in [2.24, 2.45) is 5.92 Å². The van der Waals surface area contributed by atoms with Gasteiger partial charge in [0.05, 0.1) is 6.61 Å². The van der Waals surface area contributed by atoms with Gasteiger partial charge in [0.2, 0.25) is 11.7 Å². The van der Waals surface area contributed by atoms with Crippen LogP contribution >= 0.6 is 0 Å². The maximum absolute atomic E-state index is 12.4. The lowest BCUT2D eigenvalue weighted by Gasteiger charge is -2.13. The largest absolute Gasteiger partial charge is 0.494 e. The molecule has 2 rings (SSSR count). The number of benzene rings is 2. The summed E-state index contributed by atoms with van der Waals surface area (Å²) in [5.41, 5.74) is 1.03. The van der Waals surface area contributed by atoms with Crippen LogP contribution in [-0.4, -0.2) is 30.4 Å². The molecule has 2 aromatic rings. The van der Waals surface area contributed by atoms with E-state index in [0.717, 1.165) is 5.75 Å². The molecular weight excluding hydrogens is 370 g/mol. The molecule has 1 amide bonds. The third-order valence-electron chi connectivity index (χ3n) is 4.18. The van der Waals surface area contributed by atoms with Crippen molar-refractivity contribution in [3.63, 3.8) is 0 Å². The molecule has 1 unspecified atom stereocenters. The number of hydrogen-bond donors (Lipinski definition) is 1. The summed E-state index contributed by atoms with van der Waals surface area (Å²) < 4.78 is 10.8. The topological polar surface area (TPSA) is 81.7 Å². The molecule has 6 nitrogen and oxygen atoms in total. The van der Waals surface area contributed by atoms with E-state index < -0.39 is 12.1 Å². The Morgan fingerprint density at radius 2 is 1.59 bits per heavy atom. The van der Waals surface area contributed by atoms with Crippen molar-refractivity contribution in [1.29, 1.82) is 0 Å². The van der Waals surface area contributed by atoms with Crippen LogP contribution in [0.15, 0.2) is 54.6 Å². The fourth-order valence-corrected chi connectivity index (χ4v) is 2.47. The first-order valence-corrected chi connectivity index (χ1v) is 9.69. The summed E-state index contributed by atoms with van der Waals surface area (Å²) >= 11 is 0. The number of anilines is 1. The van der Waals surface area contributed by atoms with E-state index in [9.17, 15) is 14.4 Å². The van der Waals surface area contributed by atoms with Gasteiger partial charge in [-0.1, -0.05) is 32.0 Å². The normalized spacial score (nSPS) is 11.6. The summed E-state index contributed by atoms with van der Waals surface area (Å²) in [5, 5.41) is 2.76. The van der Waals surface area contributed by atoms with E-state index in [0.29, 0.717) is 24.3 Å². The molecule has 0 fully saturated rings. The van der Waals surface area contributed by atoms with Crippen molar-refractivity contribution in [3.05, 3.63) is 60.2 Å². The van der Waals surface area contributed by atoms with Gasteiger partial charge in [0.1, 0.15) is 5.75 Å². The molecule has 0 heterocycles. The number of carbonyl (C=O) groups excluding carboxylic acids is 3. The van der Waals surface area contributed by atoms with Crippen molar-refractivity contribution in [2.75, 3.05) is 11.9 Å². The smallest absolute Gasteiger partial charge is 0.306 e. The number of ether oxygens (including phenoxy) is 2. The van der Waals surface area contributed by atoms with Crippen LogP contribution in [0.3, 0.4) is 0 Å². The highest BCUT2D eigenvalue weighted by atomic mass is 16.5. The fourth-order valence-electron chi connectivity index (χ4n) is 2.47. The minimum absolute atomic E-state index is 0.0948. The average molecular weight is 397 g/mol. The first kappa shape index (κ1) is 22.1. The number of esters is 1. The second-order valence-electron chi connectivity index (χ2n) is 6.98. The highest BCUT2D eigenvalue weighted by molar-refractivity contribution is 6.00. The molecule has 29 heavy (non-hydrogen) atoms. The van der Waals surface area contributed by atoms with Crippen LogP contribution in [0.2, 0.25) is 0 Å². The number of ketones is 1. The van der Waals surface area contributed by atoms with E-state index in [-0.39, 0.29) is 24.0 Å². The van der Waals surface area contributed by atoms with E-state index in [1.54, 1.807) is 45.0 Å². The van der Waals surface area contributed by atoms with Gasteiger partial charge in [-0.05, 0) is 49.7 Å². The summed E-state index contributed by atoms with van der Waals surface area (Å²) in [6.07, 6.45) is -0.211. The second-order valence-corrected chi connectivity index (χ2v) is 6.98. The molecular formula is C23H27NO5. The summed E-state index contributed by atoms with van der Waals surface area (Å²) in [6.45, 7) is 5.55. The van der Waals surface area contributed by atoms with E-state index in [4.69, 9.17) is 9.47 Å². The summed E-state index contributed by atoms with van der Waals surface area (Å²) in [5.74, 6) is -0.210. The van der Waals surface area contributed by atoms with Gasteiger partial charge in [-0.25, -0.2) is 0 Å². The fraction of sp³-hybridized carbons (Fsp3) is 0.348. The van der Waals surface area contributed by atoms with Gasteiger partial charge in [0.15, 0.2) is 6.10 Å². The van der Waals surface area contributed by atoms with E-state index in [1.165, 1.54) is 0 Å². The van der Waals surface area contributed by atoms with E-state index >= 15 is 0 Å². The summed E-state index contributed by atoms with van der Waals surface area (Å²) in [4.78, 5) is 36.1. The third-order valence-corrected chi connectivity index (χ3v) is 4.18. The van der Waals surface area contributed by atoms with Crippen molar-refractivity contribution < 1.29 is 23.9 Å². The highest BCUT2D eigenvalue weighted by Crippen LogP contribution is 2.14. The molecule has 6 heteroatoms. The number of Topliss-reactive ketones (excluding diaryl/α,β-unsaturated/α-hetero) is 1. The molecule has 0 spiro atoms. The van der Waals surface area contributed by atoms with Crippen molar-refractivity contribution in [1.82, 2.24) is 0 Å². The first-order valence-electron chi connectivity index (χ1n) is 9.69. The Kier molecular flexibility index (Phi) is 8.40. The first-order chi connectivity index (χ1) is 13.9. The number of amides is 1. The predicted octanol–water partition coefficient (Wildman–Crippen LogP) is 4.25. The quantitative estimate of drug-likeness (QED) is 0.368.